The molecule has 0 aliphatic heterocycles. The Morgan fingerprint density at radius 2 is 2.00 bits per heavy atom. The van der Waals surface area contributed by atoms with Gasteiger partial charge in [0.05, 0.1) is 3.57 Å². The van der Waals surface area contributed by atoms with E-state index in [2.05, 4.69) is 22.6 Å². The van der Waals surface area contributed by atoms with Gasteiger partial charge in [-0.05, 0) is 34.7 Å². The lowest BCUT2D eigenvalue weighted by Gasteiger charge is -2.00. The Labute approximate surface area is 83.6 Å². The summed E-state index contributed by atoms with van der Waals surface area (Å²) in [5, 5.41) is 12.3. The maximum atomic E-state index is 11.3. The highest BCUT2D eigenvalue weighted by Crippen LogP contribution is 2.12. The molecule has 1 aromatic heterocycles. The first-order valence-corrected chi connectivity index (χ1v) is 4.63. The average molecular weight is 271 g/mol. The first-order valence-electron chi connectivity index (χ1n) is 3.55. The minimum absolute atomic E-state index is 0.720. The van der Waals surface area contributed by atoms with E-state index in [0.717, 1.165) is 19.2 Å². The van der Waals surface area contributed by atoms with E-state index in [-0.39, 0.29) is 0 Å². The van der Waals surface area contributed by atoms with Gasteiger partial charge in [0.1, 0.15) is 0 Å². The van der Waals surface area contributed by atoms with Gasteiger partial charge in [0.25, 0.3) is 0 Å². The molecule has 0 amide bonds. The standard InChI is InChI=1S/C9H6INO/c10-8-5-7-3-1-2-4-9(7)11(12)6-8/h1-6H. The Hall–Kier alpha value is -0.840. The van der Waals surface area contributed by atoms with E-state index in [0.29, 0.717) is 0 Å². The van der Waals surface area contributed by atoms with Crippen LogP contribution in [0.2, 0.25) is 0 Å². The molecule has 2 aromatic rings. The van der Waals surface area contributed by atoms with Gasteiger partial charge in [0.15, 0.2) is 6.20 Å². The van der Waals surface area contributed by atoms with Crippen LogP contribution in [0.25, 0.3) is 10.9 Å². The normalized spacial score (nSPS) is 10.4. The summed E-state index contributed by atoms with van der Waals surface area (Å²) in [6, 6.07) is 9.54. The fourth-order valence-corrected chi connectivity index (χ4v) is 1.77. The summed E-state index contributed by atoms with van der Waals surface area (Å²) in [4.78, 5) is 0. The highest BCUT2D eigenvalue weighted by atomic mass is 127. The molecule has 0 unspecified atom stereocenters. The van der Waals surface area contributed by atoms with Crippen molar-refractivity contribution in [2.45, 2.75) is 0 Å². The quantitative estimate of drug-likeness (QED) is 0.409. The largest absolute Gasteiger partial charge is 0.618 e. The van der Waals surface area contributed by atoms with Crippen molar-refractivity contribution >= 4 is 33.5 Å². The topological polar surface area (TPSA) is 26.9 Å². The van der Waals surface area contributed by atoms with Crippen LogP contribution >= 0.6 is 22.6 Å². The van der Waals surface area contributed by atoms with Gasteiger partial charge in [-0.15, -0.1) is 0 Å². The molecule has 1 heterocycles. The summed E-state index contributed by atoms with van der Waals surface area (Å²) in [6.07, 6.45) is 1.57. The second kappa shape index (κ2) is 2.90. The number of nitrogens with zero attached hydrogens (tertiary/aromatic N) is 1. The monoisotopic (exact) mass is 271 g/mol. The molecule has 2 rings (SSSR count). The molecule has 0 spiro atoms. The molecule has 0 fully saturated rings. The summed E-state index contributed by atoms with van der Waals surface area (Å²) >= 11 is 2.13. The van der Waals surface area contributed by atoms with E-state index in [1.807, 2.05) is 30.3 Å². The maximum Gasteiger partial charge on any atom is 0.223 e. The minimum atomic E-state index is 0.720. The molecule has 0 saturated carbocycles. The van der Waals surface area contributed by atoms with Crippen LogP contribution in [0.5, 0.6) is 0 Å². The van der Waals surface area contributed by atoms with Crippen LogP contribution in [0, 0.1) is 8.78 Å². The fourth-order valence-electron chi connectivity index (χ4n) is 1.18. The second-order valence-corrected chi connectivity index (χ2v) is 3.79. The first kappa shape index (κ1) is 7.79. The van der Waals surface area contributed by atoms with Crippen molar-refractivity contribution in [3.8, 4) is 0 Å². The van der Waals surface area contributed by atoms with E-state index < -0.39 is 0 Å². The lowest BCUT2D eigenvalue weighted by Crippen LogP contribution is -2.26. The van der Waals surface area contributed by atoms with Crippen LogP contribution in [0.3, 0.4) is 0 Å². The van der Waals surface area contributed by atoms with Gasteiger partial charge in [0.2, 0.25) is 5.52 Å². The number of halogens is 1. The highest BCUT2D eigenvalue weighted by molar-refractivity contribution is 14.1. The first-order chi connectivity index (χ1) is 5.77. The van der Waals surface area contributed by atoms with Crippen LogP contribution < -0.4 is 4.73 Å². The van der Waals surface area contributed by atoms with Gasteiger partial charge >= 0.3 is 0 Å². The van der Waals surface area contributed by atoms with Crippen LogP contribution in [-0.2, 0) is 0 Å². The number of hydrogen-bond acceptors (Lipinski definition) is 1. The molecule has 0 bridgehead atoms. The Bertz CT molecular complexity index is 428. The lowest BCUT2D eigenvalue weighted by atomic mass is 10.2. The van der Waals surface area contributed by atoms with Crippen LogP contribution in [0.15, 0.2) is 36.5 Å². The molecular weight excluding hydrogens is 265 g/mol. The number of para-hydroxylation sites is 1. The Balaban J connectivity index is 2.89. The van der Waals surface area contributed by atoms with Crippen LogP contribution in [0.1, 0.15) is 0 Å². The van der Waals surface area contributed by atoms with E-state index in [4.69, 9.17) is 0 Å². The van der Waals surface area contributed by atoms with Gasteiger partial charge in [-0.2, -0.15) is 4.73 Å². The number of benzene rings is 1. The molecule has 0 aliphatic carbocycles. The third-order valence-corrected chi connectivity index (χ3v) is 2.30. The minimum Gasteiger partial charge on any atom is -0.618 e. The number of hydrogen-bond donors (Lipinski definition) is 0. The van der Waals surface area contributed by atoms with E-state index in [1.165, 1.54) is 0 Å². The third kappa shape index (κ3) is 1.24. The van der Waals surface area contributed by atoms with Gasteiger partial charge < -0.3 is 5.21 Å². The fraction of sp³-hybridized carbons (Fsp3) is 0. The van der Waals surface area contributed by atoms with Crippen molar-refractivity contribution in [2.24, 2.45) is 0 Å². The number of aromatic nitrogens is 1. The number of pyridine rings is 1. The summed E-state index contributed by atoms with van der Waals surface area (Å²) in [7, 11) is 0. The SMILES string of the molecule is [O-][n+]1cc(I)cc2ccccc21. The van der Waals surface area contributed by atoms with E-state index in [9.17, 15) is 5.21 Å². The Kier molecular flexibility index (Phi) is 1.88. The molecule has 0 aliphatic rings. The number of rotatable bonds is 0. The second-order valence-electron chi connectivity index (χ2n) is 2.54. The van der Waals surface area contributed by atoms with Gasteiger partial charge in [-0.3, -0.25) is 0 Å². The number of fused-ring (bicyclic) bond motifs is 1. The molecule has 0 saturated heterocycles. The Morgan fingerprint density at radius 3 is 2.83 bits per heavy atom. The van der Waals surface area contributed by atoms with E-state index >= 15 is 0 Å². The van der Waals surface area contributed by atoms with Gasteiger partial charge in [-0.25, -0.2) is 0 Å². The predicted octanol–water partition coefficient (Wildman–Crippen LogP) is 2.08. The summed E-state index contributed by atoms with van der Waals surface area (Å²) in [6.45, 7) is 0. The van der Waals surface area contributed by atoms with Crippen LogP contribution in [0.4, 0.5) is 0 Å². The molecular formula is C9H6INO. The lowest BCUT2D eigenvalue weighted by molar-refractivity contribution is -0.577. The summed E-state index contributed by atoms with van der Waals surface area (Å²) < 4.78 is 1.86. The smallest absolute Gasteiger partial charge is 0.223 e. The van der Waals surface area contributed by atoms with Crippen LogP contribution in [-0.4, -0.2) is 0 Å². The van der Waals surface area contributed by atoms with E-state index in [1.54, 1.807) is 6.20 Å². The predicted molar refractivity (Wildman–Crippen MR) is 55.6 cm³/mol. The molecule has 0 N–H and O–H groups in total. The molecule has 3 heteroatoms. The summed E-state index contributed by atoms with van der Waals surface area (Å²) in [5.74, 6) is 0. The third-order valence-electron chi connectivity index (χ3n) is 1.71. The molecule has 2 nitrogen and oxygen atoms in total. The zero-order chi connectivity index (χ0) is 8.55. The molecule has 60 valence electrons. The highest BCUT2D eigenvalue weighted by Gasteiger charge is 2.02. The van der Waals surface area contributed by atoms with Gasteiger partial charge in [-0.1, -0.05) is 12.1 Å². The summed E-state index contributed by atoms with van der Waals surface area (Å²) in [5.41, 5.74) is 0.720. The molecule has 1 aromatic carbocycles. The zero-order valence-corrected chi connectivity index (χ0v) is 8.36. The zero-order valence-electron chi connectivity index (χ0n) is 6.20. The molecule has 12 heavy (non-hydrogen) atoms. The Morgan fingerprint density at radius 1 is 1.25 bits per heavy atom. The maximum absolute atomic E-state index is 11.3. The van der Waals surface area contributed by atoms with Gasteiger partial charge in [0, 0.05) is 11.5 Å². The van der Waals surface area contributed by atoms with Crippen molar-refractivity contribution in [2.75, 3.05) is 0 Å². The molecule has 0 radical (unpaired) electrons. The van der Waals surface area contributed by atoms with Crippen molar-refractivity contribution in [3.63, 3.8) is 0 Å². The van der Waals surface area contributed by atoms with Crippen molar-refractivity contribution in [1.29, 1.82) is 0 Å². The van der Waals surface area contributed by atoms with Crippen molar-refractivity contribution < 1.29 is 4.73 Å². The molecule has 0 atom stereocenters. The average Bonchev–Trinajstić information content (AvgIpc) is 2.04. The van der Waals surface area contributed by atoms with Crippen molar-refractivity contribution in [1.82, 2.24) is 0 Å². The van der Waals surface area contributed by atoms with Crippen molar-refractivity contribution in [3.05, 3.63) is 45.3 Å².